The lowest BCUT2D eigenvalue weighted by Gasteiger charge is -2.51. The molecule has 0 saturated carbocycles. The smallest absolute Gasteiger partial charge is 0.397 e. The monoisotopic (exact) mass is 916 g/mol. The highest BCUT2D eigenvalue weighted by Crippen LogP contribution is 2.38. The maximum atomic E-state index is 12.9. The summed E-state index contributed by atoms with van der Waals surface area (Å²) in [7, 11) is -5.29. The third-order valence-corrected chi connectivity index (χ3v) is 10.6. The lowest BCUT2D eigenvalue weighted by molar-refractivity contribution is -0.383. The molecular formula is C31H52N2O27S. The number of hydrogen-bond donors (Lipinski definition) is 16. The molecule has 4 aliphatic heterocycles. The van der Waals surface area contributed by atoms with Gasteiger partial charge in [-0.2, -0.15) is 8.42 Å². The highest BCUT2D eigenvalue weighted by Gasteiger charge is 2.60. The van der Waals surface area contributed by atoms with Crippen molar-refractivity contribution in [3.8, 4) is 0 Å². The lowest BCUT2D eigenvalue weighted by atomic mass is 9.88. The molecule has 0 bridgehead atoms. The Morgan fingerprint density at radius 2 is 1.36 bits per heavy atom. The minimum Gasteiger partial charge on any atom is -0.477 e. The van der Waals surface area contributed by atoms with Crippen molar-refractivity contribution in [1.29, 1.82) is 0 Å². The second-order valence-corrected chi connectivity index (χ2v) is 15.7. The number of amides is 2. The molecule has 29 nitrogen and oxygen atoms in total. The van der Waals surface area contributed by atoms with E-state index in [0.29, 0.717) is 0 Å². The van der Waals surface area contributed by atoms with Crippen LogP contribution >= 0.6 is 0 Å². The van der Waals surface area contributed by atoms with Gasteiger partial charge in [-0.25, -0.2) is 8.98 Å². The Labute approximate surface area is 344 Å². The number of aliphatic hydroxyl groups is 12. The third kappa shape index (κ3) is 12.0. The van der Waals surface area contributed by atoms with E-state index in [4.69, 9.17) is 33.2 Å². The summed E-state index contributed by atoms with van der Waals surface area (Å²) >= 11 is 0. The van der Waals surface area contributed by atoms with Gasteiger partial charge < -0.3 is 110 Å². The van der Waals surface area contributed by atoms with Crippen LogP contribution in [0, 0.1) is 0 Å². The third-order valence-electron chi connectivity index (χ3n) is 10.2. The van der Waals surface area contributed by atoms with E-state index < -0.39 is 189 Å². The van der Waals surface area contributed by atoms with E-state index >= 15 is 0 Å². The fraction of sp³-hybridized carbons (Fsp3) is 0.903. The molecule has 4 rings (SSSR count). The first-order valence-electron chi connectivity index (χ1n) is 18.4. The molecule has 0 aliphatic carbocycles. The quantitative estimate of drug-likeness (QED) is 0.0602. The van der Waals surface area contributed by atoms with Gasteiger partial charge in [-0.05, 0) is 0 Å². The van der Waals surface area contributed by atoms with Gasteiger partial charge in [0.25, 0.3) is 5.79 Å². The molecule has 0 spiro atoms. The van der Waals surface area contributed by atoms with E-state index in [0.717, 1.165) is 13.8 Å². The first-order chi connectivity index (χ1) is 28.4. The minimum atomic E-state index is -5.29. The molecule has 0 aromatic carbocycles. The fourth-order valence-electron chi connectivity index (χ4n) is 7.09. The zero-order valence-corrected chi connectivity index (χ0v) is 32.9. The van der Waals surface area contributed by atoms with Crippen LogP contribution in [-0.4, -0.2) is 252 Å². The molecule has 2 amide bonds. The predicted octanol–water partition coefficient (Wildman–Crippen LogP) is -10.4. The second kappa shape index (κ2) is 21.0. The van der Waals surface area contributed by atoms with E-state index in [9.17, 15) is 93.7 Å². The van der Waals surface area contributed by atoms with Crippen LogP contribution in [0.4, 0.5) is 0 Å². The van der Waals surface area contributed by atoms with Gasteiger partial charge in [-0.1, -0.05) is 0 Å². The number of carbonyl (C=O) groups is 3. The maximum absolute atomic E-state index is 12.9. The second-order valence-electron chi connectivity index (χ2n) is 14.6. The van der Waals surface area contributed by atoms with E-state index in [1.807, 2.05) is 0 Å². The van der Waals surface area contributed by atoms with Crippen LogP contribution < -0.4 is 10.6 Å². The van der Waals surface area contributed by atoms with Crippen LogP contribution in [0.2, 0.25) is 0 Å². The highest BCUT2D eigenvalue weighted by molar-refractivity contribution is 7.80. The van der Waals surface area contributed by atoms with Gasteiger partial charge in [-0.15, -0.1) is 0 Å². The van der Waals surface area contributed by atoms with Crippen molar-refractivity contribution < 1.29 is 131 Å². The zero-order chi connectivity index (χ0) is 45.9. The summed E-state index contributed by atoms with van der Waals surface area (Å²) in [4.78, 5) is 37.0. The highest BCUT2D eigenvalue weighted by atomic mass is 32.3. The molecule has 1 unspecified atom stereocenters. The van der Waals surface area contributed by atoms with Crippen molar-refractivity contribution in [2.75, 3.05) is 26.4 Å². The summed E-state index contributed by atoms with van der Waals surface area (Å²) < 4.78 is 75.7. The number of aliphatic carboxylic acids is 1. The zero-order valence-electron chi connectivity index (χ0n) is 32.1. The average Bonchev–Trinajstić information content (AvgIpc) is 3.18. The molecule has 0 aromatic rings. The lowest BCUT2D eigenvalue weighted by Crippen LogP contribution is -2.71. The van der Waals surface area contributed by atoms with E-state index in [-0.39, 0.29) is 0 Å². The number of hydrogen-bond acceptors (Lipinski definition) is 25. The number of nitrogens with one attached hydrogen (secondary N) is 2. The normalized spacial score (nSPS) is 43.2. The largest absolute Gasteiger partial charge is 0.477 e. The van der Waals surface area contributed by atoms with Gasteiger partial charge in [0.2, 0.25) is 11.8 Å². The van der Waals surface area contributed by atoms with Gasteiger partial charge in [-0.3, -0.25) is 14.1 Å². The molecule has 4 heterocycles. The molecule has 4 fully saturated rings. The number of aliphatic hydroxyl groups excluding tert-OH is 12. The Morgan fingerprint density at radius 3 is 1.92 bits per heavy atom. The Morgan fingerprint density at radius 1 is 0.754 bits per heavy atom. The van der Waals surface area contributed by atoms with Crippen LogP contribution in [-0.2, 0) is 62.1 Å². The van der Waals surface area contributed by atoms with Crippen molar-refractivity contribution in [3.63, 3.8) is 0 Å². The van der Waals surface area contributed by atoms with Gasteiger partial charge >= 0.3 is 16.4 Å². The maximum Gasteiger partial charge on any atom is 0.397 e. The Kier molecular flexibility index (Phi) is 17.6. The molecule has 4 aliphatic rings. The standard InChI is InChI=1S/C31H52N2O27S/c1-8(36)32-15-10(38)3-31(30(48)49,59-25(15)17(40)11(39)4-34)60-26-19(42)12(5-35)56-29(23(26)46)58-24-14(7-54-61(50,51)52)57-28(16(20(24)43)33-9(2)37)53-6-13-18(41)21(44)22(45)27(47)55-13/h10-29,34-35,38-47H,3-7H2,1-2H3,(H,32,36)(H,33,37)(H,48,49)(H,50,51,52)/t10-,11+,12+,13+,14+,15+,16+,17+,18-,19-,20+,21-,22+,23+,24+,25+,26-,27?,28+,29-,31-/m0/s1. The minimum absolute atomic E-state index is 0.821. The first-order valence-corrected chi connectivity index (χ1v) is 19.7. The summed E-state index contributed by atoms with van der Waals surface area (Å²) in [5, 5.41) is 141. The van der Waals surface area contributed by atoms with E-state index in [1.165, 1.54) is 0 Å². The van der Waals surface area contributed by atoms with Crippen LogP contribution in [0.3, 0.4) is 0 Å². The van der Waals surface area contributed by atoms with Crippen molar-refractivity contribution in [1.82, 2.24) is 10.6 Å². The number of ether oxygens (including phenoxy) is 7. The summed E-state index contributed by atoms with van der Waals surface area (Å²) in [5.74, 6) is -6.96. The molecule has 30 heteroatoms. The van der Waals surface area contributed by atoms with Gasteiger partial charge in [0.05, 0.1) is 38.6 Å². The SMILES string of the molecule is CC(=O)N[C@H]1[C@H](OC[C@H]2OC(O)[C@H](O)[C@@H](O)[C@H]2O)O[C@H](COS(=O)(=O)O)[C@@H](O[C@@H]2O[C@H](CO)[C@H](O)[C@H](O[C@]3(C(=O)O)C[C@H](O)[C@@H](NC(C)=O)[C@H]([C@H](O)[C@H](O)CO)O3)[C@H]2O)[C@@H]1O. The molecule has 21 atom stereocenters. The predicted molar refractivity (Wildman–Crippen MR) is 185 cm³/mol. The van der Waals surface area contributed by atoms with Crippen LogP contribution in [0.5, 0.6) is 0 Å². The van der Waals surface area contributed by atoms with Gasteiger partial charge in [0, 0.05) is 20.3 Å². The number of rotatable bonds is 17. The Bertz CT molecular complexity index is 1600. The fourth-order valence-corrected chi connectivity index (χ4v) is 7.40. The molecule has 354 valence electrons. The van der Waals surface area contributed by atoms with Crippen molar-refractivity contribution in [3.05, 3.63) is 0 Å². The number of carbonyl (C=O) groups excluding carboxylic acids is 2. The van der Waals surface area contributed by atoms with Crippen LogP contribution in [0.25, 0.3) is 0 Å². The molecule has 4 saturated heterocycles. The van der Waals surface area contributed by atoms with Crippen LogP contribution in [0.15, 0.2) is 0 Å². The van der Waals surface area contributed by atoms with E-state index in [1.54, 1.807) is 0 Å². The van der Waals surface area contributed by atoms with Gasteiger partial charge in [0.1, 0.15) is 91.5 Å². The topological polar surface area (TPSA) is 466 Å². The van der Waals surface area contributed by atoms with Crippen LogP contribution in [0.1, 0.15) is 20.3 Å². The summed E-state index contributed by atoms with van der Waals surface area (Å²) in [6, 6.07) is -3.42. The van der Waals surface area contributed by atoms with Gasteiger partial charge in [0.15, 0.2) is 18.9 Å². The Hall–Kier alpha value is -2.48. The first kappa shape index (κ1) is 51.2. The van der Waals surface area contributed by atoms with Crippen molar-refractivity contribution in [2.24, 2.45) is 0 Å². The summed E-state index contributed by atoms with van der Waals surface area (Å²) in [6.07, 6.45) is -38.0. The molecule has 61 heavy (non-hydrogen) atoms. The summed E-state index contributed by atoms with van der Waals surface area (Å²) in [5.41, 5.74) is 0. The summed E-state index contributed by atoms with van der Waals surface area (Å²) in [6.45, 7) is -2.38. The van der Waals surface area contributed by atoms with Crippen molar-refractivity contribution in [2.45, 2.75) is 149 Å². The molecule has 0 radical (unpaired) electrons. The average molecular weight is 917 g/mol. The molecular weight excluding hydrogens is 864 g/mol. The number of carboxylic acids is 1. The molecule has 16 N–H and O–H groups in total. The molecule has 0 aromatic heterocycles. The van der Waals surface area contributed by atoms with Crippen molar-refractivity contribution >= 4 is 28.2 Å². The van der Waals surface area contributed by atoms with E-state index in [2.05, 4.69) is 14.8 Å². The number of carboxylic acid groups (broad SMARTS) is 1. The Balaban J connectivity index is 1.66.